The van der Waals surface area contributed by atoms with Crippen LogP contribution in [0.5, 0.6) is 0 Å². The van der Waals surface area contributed by atoms with Gasteiger partial charge in [-0.1, -0.05) is 28.1 Å². The van der Waals surface area contributed by atoms with E-state index in [1.54, 1.807) is 79.4 Å². The van der Waals surface area contributed by atoms with Gasteiger partial charge < -0.3 is 29.4 Å². The van der Waals surface area contributed by atoms with Crippen molar-refractivity contribution in [2.75, 3.05) is 0 Å². The molecule has 0 aliphatic rings. The van der Waals surface area contributed by atoms with Crippen molar-refractivity contribution in [1.29, 1.82) is 15.8 Å². The predicted molar refractivity (Wildman–Crippen MR) is 183 cm³/mol. The molecule has 49 heavy (non-hydrogen) atoms. The van der Waals surface area contributed by atoms with Gasteiger partial charge >= 0.3 is 19.5 Å². The third-order valence-corrected chi connectivity index (χ3v) is 7.13. The fourth-order valence-corrected chi connectivity index (χ4v) is 4.62. The molecule has 6 rings (SSSR count). The first-order valence-electron chi connectivity index (χ1n) is 13.9. The smallest absolute Gasteiger partial charge is 0.512 e. The summed E-state index contributed by atoms with van der Waals surface area (Å²) in [7, 11) is 5.46. The molecule has 3 heterocycles. The molecule has 0 aliphatic carbocycles. The van der Waals surface area contributed by atoms with E-state index >= 15 is 0 Å². The van der Waals surface area contributed by atoms with Crippen LogP contribution in [0.3, 0.4) is 0 Å². The third kappa shape index (κ3) is 10.9. The van der Waals surface area contributed by atoms with Crippen LogP contribution in [0, 0.1) is 35.0 Å². The minimum absolute atomic E-state index is 0. The normalized spacial score (nSPS) is 9.31. The van der Waals surface area contributed by atoms with E-state index in [0.29, 0.717) is 12.1 Å². The molecular formula is C34H31BrN10O3Zn. The summed E-state index contributed by atoms with van der Waals surface area (Å²) in [6, 6.07) is 28.7. The Kier molecular flexibility index (Phi) is 17.2. The van der Waals surface area contributed by atoms with Crippen LogP contribution in [0.4, 0.5) is 0 Å². The number of rotatable bonds is 4. The number of nitrogens with two attached hydrogens (primary N) is 1. The monoisotopic (exact) mass is 770 g/mol. The van der Waals surface area contributed by atoms with Gasteiger partial charge in [-0.2, -0.15) is 5.26 Å². The molecule has 244 valence electrons. The van der Waals surface area contributed by atoms with E-state index in [4.69, 9.17) is 34.7 Å². The maximum Gasteiger partial charge on any atom is 2.00 e. The van der Waals surface area contributed by atoms with Crippen LogP contribution in [0.2, 0.25) is 0 Å². The summed E-state index contributed by atoms with van der Waals surface area (Å²) in [6.07, 6.45) is 5.17. The van der Waals surface area contributed by atoms with Gasteiger partial charge in [-0.15, -0.1) is 0 Å². The molecule has 0 radical (unpaired) electrons. The van der Waals surface area contributed by atoms with Crippen molar-refractivity contribution in [1.82, 2.24) is 28.1 Å². The summed E-state index contributed by atoms with van der Waals surface area (Å²) in [5, 5.41) is 21.1. The second-order valence-corrected chi connectivity index (χ2v) is 10.5. The molecule has 6 aromatic rings. The van der Waals surface area contributed by atoms with Crippen molar-refractivity contribution >= 4 is 15.9 Å². The Labute approximate surface area is 303 Å². The Balaban J connectivity index is 0.000000346. The van der Waals surface area contributed by atoms with Crippen LogP contribution in [0.15, 0.2) is 128 Å². The largest absolute Gasteiger partial charge is 2.00 e. The topological polar surface area (TPSA) is 178 Å². The maximum absolute atomic E-state index is 11.5. The number of halogens is 1. The zero-order chi connectivity index (χ0) is 35.8. The molecule has 3 aromatic carbocycles. The summed E-state index contributed by atoms with van der Waals surface area (Å²) in [4.78, 5) is 34.4. The van der Waals surface area contributed by atoms with Crippen LogP contribution in [-0.2, 0) is 47.2 Å². The van der Waals surface area contributed by atoms with E-state index in [1.165, 1.54) is 16.8 Å². The second-order valence-electron chi connectivity index (χ2n) is 9.62. The molecule has 0 fully saturated rings. The number of aryl methyl sites for hydroxylation is 3. The van der Waals surface area contributed by atoms with Crippen molar-refractivity contribution in [2.45, 2.75) is 6.54 Å². The van der Waals surface area contributed by atoms with E-state index in [9.17, 15) is 14.4 Å². The number of benzene rings is 3. The maximum atomic E-state index is 11.5. The van der Waals surface area contributed by atoms with Crippen molar-refractivity contribution in [3.05, 3.63) is 169 Å². The molecule has 0 amide bonds. The number of hydrogen-bond donors (Lipinski definition) is 1. The van der Waals surface area contributed by atoms with Gasteiger partial charge in [0.25, 0.3) is 16.7 Å². The predicted octanol–water partition coefficient (Wildman–Crippen LogP) is 3.81. The third-order valence-electron chi connectivity index (χ3n) is 6.60. The van der Waals surface area contributed by atoms with Gasteiger partial charge in [0.1, 0.15) is 0 Å². The van der Waals surface area contributed by atoms with Gasteiger partial charge in [0.2, 0.25) is 0 Å². The minimum atomic E-state index is -0.0813. The van der Waals surface area contributed by atoms with Gasteiger partial charge in [0.15, 0.2) is 0 Å². The van der Waals surface area contributed by atoms with E-state index in [0.717, 1.165) is 27.1 Å². The summed E-state index contributed by atoms with van der Waals surface area (Å²) in [5.74, 6) is 0. The Morgan fingerprint density at radius 2 is 0.898 bits per heavy atom. The summed E-state index contributed by atoms with van der Waals surface area (Å²) >= 11 is 3.35. The molecule has 0 spiro atoms. The fourth-order valence-electron chi connectivity index (χ4n) is 4.35. The molecule has 0 saturated heterocycles. The average Bonchev–Trinajstić information content (AvgIpc) is 3.77. The standard InChI is InChI=1S/C11H13N3O.C11H9N3O.C10H9BrN2O.2CN.Zn/c2*1-13-7-6-11(15)14(13)10-4-2-9(8-12)3-5-10;1-12-7-6-10(14)13(12)9-4-2-8(11)3-5-9;2*1-2;/h2-7H,8,12H2,1H3;2-7H,1H3;2-7H,1H3;;;/q;;;2*-1;+2. The molecule has 15 heteroatoms. The number of nitriles is 1. The molecule has 0 saturated carbocycles. The Morgan fingerprint density at radius 3 is 1.16 bits per heavy atom. The van der Waals surface area contributed by atoms with E-state index < -0.39 is 0 Å². The van der Waals surface area contributed by atoms with Gasteiger partial charge in [0.05, 0.1) is 28.7 Å². The molecule has 13 nitrogen and oxygen atoms in total. The molecule has 0 aliphatic heterocycles. The second kappa shape index (κ2) is 20.5. The zero-order valence-electron chi connectivity index (χ0n) is 27.0. The quantitative estimate of drug-likeness (QED) is 0.209. The summed E-state index contributed by atoms with van der Waals surface area (Å²) < 4.78 is 10.9. The van der Waals surface area contributed by atoms with Gasteiger partial charge in [-0.3, -0.25) is 28.4 Å². The Bertz CT molecular complexity index is 2150. The number of aromatic nitrogens is 6. The first-order chi connectivity index (χ1) is 23.1. The van der Waals surface area contributed by atoms with Crippen LogP contribution in [0.25, 0.3) is 17.1 Å². The molecule has 0 bridgehead atoms. The average molecular weight is 773 g/mol. The molecule has 0 atom stereocenters. The van der Waals surface area contributed by atoms with Crippen LogP contribution in [0.1, 0.15) is 11.1 Å². The van der Waals surface area contributed by atoms with Crippen LogP contribution in [-0.4, -0.2) is 28.1 Å². The Hall–Kier alpha value is -5.78. The minimum Gasteiger partial charge on any atom is -0.512 e. The van der Waals surface area contributed by atoms with Crippen molar-refractivity contribution in [3.8, 4) is 23.1 Å². The zero-order valence-corrected chi connectivity index (χ0v) is 31.6. The van der Waals surface area contributed by atoms with E-state index in [1.807, 2.05) is 68.7 Å². The summed E-state index contributed by atoms with van der Waals surface area (Å²) in [5.41, 5.74) is 9.49. The van der Waals surface area contributed by atoms with E-state index in [2.05, 4.69) is 15.9 Å². The molecule has 3 aromatic heterocycles. The number of hydrogen-bond acceptors (Lipinski definition) is 7. The fraction of sp³-hybridized carbons (Fsp3) is 0.118. The SMILES string of the molecule is Cn1ccc(=O)n1-c1ccc(Br)cc1.Cn1ccc(=O)n1-c1ccc(C#N)cc1.Cn1ccc(=O)n1-c1ccc(CN)cc1.[C-]#N.[C-]#N.[Zn+2]. The van der Waals surface area contributed by atoms with E-state index in [-0.39, 0.29) is 36.2 Å². The van der Waals surface area contributed by atoms with Gasteiger partial charge in [-0.05, 0) is 66.2 Å². The van der Waals surface area contributed by atoms with Gasteiger partial charge in [-0.25, -0.2) is 14.0 Å². The first-order valence-corrected chi connectivity index (χ1v) is 14.7. The summed E-state index contributed by atoms with van der Waals surface area (Å²) in [6.45, 7) is 10.0. The molecular weight excluding hydrogens is 742 g/mol. The van der Waals surface area contributed by atoms with Crippen LogP contribution >= 0.6 is 15.9 Å². The van der Waals surface area contributed by atoms with Crippen molar-refractivity contribution < 1.29 is 19.5 Å². The first kappa shape index (κ1) is 41.2. The van der Waals surface area contributed by atoms with Crippen LogP contribution < -0.4 is 22.4 Å². The van der Waals surface area contributed by atoms with Gasteiger partial charge in [0, 0.05) is 69.0 Å². The molecule has 0 unspecified atom stereocenters. The van der Waals surface area contributed by atoms with Crippen molar-refractivity contribution in [3.63, 3.8) is 0 Å². The molecule has 2 N–H and O–H groups in total. The Morgan fingerprint density at radius 1 is 0.592 bits per heavy atom. The van der Waals surface area contributed by atoms with Crippen molar-refractivity contribution in [2.24, 2.45) is 26.9 Å². The number of nitrogens with zero attached hydrogens (tertiary/aromatic N) is 9.